The summed E-state index contributed by atoms with van der Waals surface area (Å²) in [6, 6.07) is 0. The molecule has 6 rings (SSSR count). The minimum absolute atomic E-state index is 0.119. The quantitative estimate of drug-likeness (QED) is 0.406. The van der Waals surface area contributed by atoms with Gasteiger partial charge in [0.1, 0.15) is 5.60 Å². The molecule has 9 atom stereocenters. The summed E-state index contributed by atoms with van der Waals surface area (Å²) in [5, 5.41) is 12.7. The molecule has 5 aliphatic carbocycles. The number of oxime groups is 1. The zero-order valence-corrected chi connectivity index (χ0v) is 16.9. The van der Waals surface area contributed by atoms with Crippen LogP contribution < -0.4 is 0 Å². The molecule has 4 nitrogen and oxygen atoms in total. The highest BCUT2D eigenvalue weighted by molar-refractivity contribution is 5.96. The molecule has 4 heteroatoms. The van der Waals surface area contributed by atoms with Crippen molar-refractivity contribution in [2.24, 2.45) is 52.0 Å². The Kier molecular flexibility index (Phi) is 3.41. The third-order valence-electron chi connectivity index (χ3n) is 9.87. The molecule has 1 spiro atoms. The van der Waals surface area contributed by atoms with E-state index in [9.17, 15) is 10.0 Å². The van der Waals surface area contributed by atoms with Gasteiger partial charge in [-0.05, 0) is 92.6 Å². The Balaban J connectivity index is 1.41. The summed E-state index contributed by atoms with van der Waals surface area (Å²) in [6.07, 6.45) is 14.1. The summed E-state index contributed by atoms with van der Waals surface area (Å²) in [5.41, 5.74) is 2.23. The minimum Gasteiger partial charge on any atom is -0.451 e. The van der Waals surface area contributed by atoms with Gasteiger partial charge in [-0.2, -0.15) is 0 Å². The van der Waals surface area contributed by atoms with Gasteiger partial charge < -0.3 is 9.94 Å². The molecule has 0 amide bonds. The summed E-state index contributed by atoms with van der Waals surface area (Å²) in [6.45, 7) is 4.78. The minimum atomic E-state index is -0.307. The van der Waals surface area contributed by atoms with E-state index < -0.39 is 0 Å². The average Bonchev–Trinajstić information content (AvgIpc) is 3.35. The first-order valence-corrected chi connectivity index (χ1v) is 11.4. The maximum atomic E-state index is 12.1. The zero-order chi connectivity index (χ0) is 19.3. The number of rotatable bonds is 1. The molecule has 28 heavy (non-hydrogen) atoms. The number of fused-ring (bicyclic) bond motifs is 9. The second kappa shape index (κ2) is 5.52. The topological polar surface area (TPSA) is 58.9 Å². The van der Waals surface area contributed by atoms with Crippen LogP contribution >= 0.6 is 0 Å². The fourth-order valence-electron chi connectivity index (χ4n) is 9.04. The number of hydrogen-bond acceptors (Lipinski definition) is 4. The van der Waals surface area contributed by atoms with Gasteiger partial charge in [0.05, 0.1) is 5.71 Å². The number of carbonyl (C=O) groups is 1. The van der Waals surface area contributed by atoms with Crippen molar-refractivity contribution in [1.82, 2.24) is 0 Å². The molecule has 0 aromatic heterocycles. The highest BCUT2D eigenvalue weighted by atomic mass is 16.6. The lowest BCUT2D eigenvalue weighted by molar-refractivity contribution is -0.174. The highest BCUT2D eigenvalue weighted by Crippen LogP contribution is 2.79. The lowest BCUT2D eigenvalue weighted by Crippen LogP contribution is -2.57. The molecule has 1 heterocycles. The van der Waals surface area contributed by atoms with Crippen molar-refractivity contribution in [3.8, 4) is 0 Å². The van der Waals surface area contributed by atoms with Crippen LogP contribution in [0.2, 0.25) is 0 Å². The molecule has 9 unspecified atom stereocenters. The molecule has 1 aliphatic heterocycles. The van der Waals surface area contributed by atoms with Crippen molar-refractivity contribution in [1.29, 1.82) is 0 Å². The van der Waals surface area contributed by atoms with E-state index in [1.54, 1.807) is 6.08 Å². The van der Waals surface area contributed by atoms with Crippen molar-refractivity contribution < 1.29 is 14.7 Å². The monoisotopic (exact) mass is 381 g/mol. The van der Waals surface area contributed by atoms with Gasteiger partial charge in [0.2, 0.25) is 0 Å². The number of ether oxygens (including phenoxy) is 1. The van der Waals surface area contributed by atoms with Crippen LogP contribution in [-0.4, -0.2) is 22.5 Å². The molecular formula is C24H31NO3. The molecule has 0 bridgehead atoms. The molecular weight excluding hydrogens is 350 g/mol. The number of carbonyl (C=O) groups excluding carboxylic acids is 1. The Hall–Kier alpha value is -1.58. The first-order valence-electron chi connectivity index (χ1n) is 11.4. The van der Waals surface area contributed by atoms with Crippen molar-refractivity contribution in [2.45, 2.75) is 64.4 Å². The maximum absolute atomic E-state index is 12.1. The Bertz CT molecular complexity index is 828. The van der Waals surface area contributed by atoms with Crippen LogP contribution in [0.3, 0.4) is 0 Å². The van der Waals surface area contributed by atoms with Gasteiger partial charge in [0, 0.05) is 17.4 Å². The lowest BCUT2D eigenvalue weighted by Gasteiger charge is -2.59. The third-order valence-corrected chi connectivity index (χ3v) is 9.87. The predicted molar refractivity (Wildman–Crippen MR) is 106 cm³/mol. The molecule has 4 fully saturated rings. The Morgan fingerprint density at radius 3 is 2.89 bits per heavy atom. The summed E-state index contributed by atoms with van der Waals surface area (Å²) in [7, 11) is 0. The van der Waals surface area contributed by atoms with Gasteiger partial charge in [-0.25, -0.2) is 4.79 Å². The molecule has 0 saturated heterocycles. The lowest BCUT2D eigenvalue weighted by atomic mass is 9.46. The molecule has 150 valence electrons. The molecule has 0 radical (unpaired) electrons. The van der Waals surface area contributed by atoms with E-state index in [4.69, 9.17) is 4.74 Å². The van der Waals surface area contributed by atoms with Crippen LogP contribution in [0, 0.1) is 46.8 Å². The molecule has 4 saturated carbocycles. The maximum Gasteiger partial charge on any atom is 0.331 e. The Morgan fingerprint density at radius 2 is 2.18 bits per heavy atom. The van der Waals surface area contributed by atoms with Gasteiger partial charge >= 0.3 is 5.97 Å². The predicted octanol–water partition coefficient (Wildman–Crippen LogP) is 4.73. The SMILES string of the molecule is CCC12CCC3C4CC/C(=N\O)C=C4CC(C)C3C1C1CC1C21C=CC(=O)O1. The van der Waals surface area contributed by atoms with E-state index in [1.807, 2.05) is 0 Å². The number of esters is 1. The van der Waals surface area contributed by atoms with Crippen molar-refractivity contribution in [3.63, 3.8) is 0 Å². The summed E-state index contributed by atoms with van der Waals surface area (Å²) < 4.78 is 6.17. The van der Waals surface area contributed by atoms with Crippen LogP contribution in [0.4, 0.5) is 0 Å². The van der Waals surface area contributed by atoms with Gasteiger partial charge in [-0.3, -0.25) is 0 Å². The fraction of sp³-hybridized carbons (Fsp3) is 0.750. The van der Waals surface area contributed by atoms with E-state index in [-0.39, 0.29) is 17.0 Å². The molecule has 0 aromatic carbocycles. The van der Waals surface area contributed by atoms with Crippen LogP contribution in [0.15, 0.2) is 29.0 Å². The summed E-state index contributed by atoms with van der Waals surface area (Å²) in [5.74, 6) is 4.68. The van der Waals surface area contributed by atoms with Crippen molar-refractivity contribution in [2.75, 3.05) is 0 Å². The molecule has 1 N–H and O–H groups in total. The summed E-state index contributed by atoms with van der Waals surface area (Å²) >= 11 is 0. The van der Waals surface area contributed by atoms with E-state index in [1.165, 1.54) is 24.8 Å². The Morgan fingerprint density at radius 1 is 1.32 bits per heavy atom. The van der Waals surface area contributed by atoms with Gasteiger partial charge in [-0.15, -0.1) is 0 Å². The van der Waals surface area contributed by atoms with E-state index in [2.05, 4.69) is 31.2 Å². The van der Waals surface area contributed by atoms with Crippen LogP contribution in [-0.2, 0) is 9.53 Å². The first kappa shape index (κ1) is 17.3. The van der Waals surface area contributed by atoms with E-state index in [0.717, 1.165) is 49.1 Å². The average molecular weight is 382 g/mol. The first-order chi connectivity index (χ1) is 13.5. The number of nitrogens with zero attached hydrogens (tertiary/aromatic N) is 1. The van der Waals surface area contributed by atoms with Gasteiger partial charge in [0.15, 0.2) is 0 Å². The van der Waals surface area contributed by atoms with Crippen molar-refractivity contribution in [3.05, 3.63) is 23.8 Å². The van der Waals surface area contributed by atoms with Gasteiger partial charge in [0.25, 0.3) is 0 Å². The van der Waals surface area contributed by atoms with Crippen LogP contribution in [0.1, 0.15) is 58.8 Å². The highest BCUT2D eigenvalue weighted by Gasteiger charge is 2.79. The smallest absolute Gasteiger partial charge is 0.331 e. The molecule has 6 aliphatic rings. The normalized spacial score (nSPS) is 54.6. The van der Waals surface area contributed by atoms with Gasteiger partial charge in [-0.1, -0.05) is 24.6 Å². The standard InChI is InChI=1S/C24H31NO3/c1-3-23-8-6-17-16-5-4-15(25-27)11-14(16)10-13(2)21(17)22(23)18-12-19(18)24(23)9-7-20(26)28-24/h7,9,11,13,16-19,21-22,27H,3-6,8,10,12H2,1-2H3/b25-15+. The van der Waals surface area contributed by atoms with Crippen molar-refractivity contribution >= 4 is 11.7 Å². The second-order valence-corrected chi connectivity index (χ2v) is 10.5. The summed E-state index contributed by atoms with van der Waals surface area (Å²) in [4.78, 5) is 12.1. The zero-order valence-electron chi connectivity index (χ0n) is 16.9. The van der Waals surface area contributed by atoms with E-state index >= 15 is 0 Å². The third kappa shape index (κ3) is 1.88. The van der Waals surface area contributed by atoms with Crippen LogP contribution in [0.25, 0.3) is 0 Å². The number of hydrogen-bond donors (Lipinski definition) is 1. The second-order valence-electron chi connectivity index (χ2n) is 10.5. The van der Waals surface area contributed by atoms with E-state index in [0.29, 0.717) is 23.7 Å². The molecule has 0 aromatic rings. The largest absolute Gasteiger partial charge is 0.451 e. The Labute approximate surface area is 167 Å². The fourth-order valence-corrected chi connectivity index (χ4v) is 9.04. The van der Waals surface area contributed by atoms with Crippen LogP contribution in [0.5, 0.6) is 0 Å². The number of allylic oxidation sites excluding steroid dienone is 2.